The van der Waals surface area contributed by atoms with Crippen molar-refractivity contribution in [2.45, 2.75) is 6.92 Å². The average Bonchev–Trinajstić information content (AvgIpc) is 2.47. The number of ether oxygens (including phenoxy) is 1. The van der Waals surface area contributed by atoms with Crippen LogP contribution in [0.4, 0.5) is 4.39 Å². The van der Waals surface area contributed by atoms with E-state index < -0.39 is 0 Å². The van der Waals surface area contributed by atoms with Crippen LogP contribution in [0.1, 0.15) is 12.5 Å². The molecule has 0 unspecified atom stereocenters. The summed E-state index contributed by atoms with van der Waals surface area (Å²) in [6.07, 6.45) is 1.79. The van der Waals surface area contributed by atoms with E-state index in [4.69, 9.17) is 4.74 Å². The Balaban J connectivity index is 2.35. The van der Waals surface area contributed by atoms with Gasteiger partial charge >= 0.3 is 0 Å². The van der Waals surface area contributed by atoms with Gasteiger partial charge in [0.05, 0.1) is 11.0 Å². The van der Waals surface area contributed by atoms with Crippen LogP contribution in [0.5, 0.6) is 0 Å². The van der Waals surface area contributed by atoms with Crippen LogP contribution < -0.4 is 0 Å². The monoisotopic (exact) mass is 281 g/mol. The molecule has 16 heavy (non-hydrogen) atoms. The third kappa shape index (κ3) is 2.40. The second-order valence-corrected chi connectivity index (χ2v) is 4.14. The van der Waals surface area contributed by atoms with Gasteiger partial charge in [0.1, 0.15) is 11.6 Å². The Bertz CT molecular complexity index is 516. The van der Waals surface area contributed by atoms with Gasteiger partial charge in [0, 0.05) is 12.5 Å². The number of halogens is 2. The SMILES string of the molecule is CC1=C=CCN=C(c2ccc(F)c(Br)c2)O1. The van der Waals surface area contributed by atoms with Gasteiger partial charge in [-0.25, -0.2) is 9.38 Å². The summed E-state index contributed by atoms with van der Waals surface area (Å²) < 4.78 is 18.9. The van der Waals surface area contributed by atoms with E-state index >= 15 is 0 Å². The number of hydrogen-bond donors (Lipinski definition) is 0. The Labute approximate surface area is 101 Å². The van der Waals surface area contributed by atoms with Crippen molar-refractivity contribution in [3.05, 3.63) is 51.6 Å². The third-order valence-corrected chi connectivity index (χ3v) is 2.66. The van der Waals surface area contributed by atoms with Crippen molar-refractivity contribution in [1.29, 1.82) is 0 Å². The van der Waals surface area contributed by atoms with Gasteiger partial charge in [-0.05, 0) is 40.2 Å². The van der Waals surface area contributed by atoms with Crippen LogP contribution in [0.2, 0.25) is 0 Å². The van der Waals surface area contributed by atoms with E-state index in [1.807, 2.05) is 0 Å². The Kier molecular flexibility index (Phi) is 3.22. The van der Waals surface area contributed by atoms with Crippen molar-refractivity contribution in [1.82, 2.24) is 0 Å². The van der Waals surface area contributed by atoms with Gasteiger partial charge in [0.25, 0.3) is 0 Å². The van der Waals surface area contributed by atoms with Crippen molar-refractivity contribution in [3.63, 3.8) is 0 Å². The first-order chi connectivity index (χ1) is 7.66. The van der Waals surface area contributed by atoms with Crippen LogP contribution in [-0.4, -0.2) is 12.4 Å². The molecule has 0 saturated carbocycles. The molecule has 1 aliphatic rings. The summed E-state index contributed by atoms with van der Waals surface area (Å²) in [6.45, 7) is 2.32. The van der Waals surface area contributed by atoms with Crippen LogP contribution in [0, 0.1) is 5.82 Å². The summed E-state index contributed by atoms with van der Waals surface area (Å²) in [7, 11) is 0. The van der Waals surface area contributed by atoms with Crippen LogP contribution >= 0.6 is 15.9 Å². The minimum absolute atomic E-state index is 0.302. The highest BCUT2D eigenvalue weighted by Gasteiger charge is 2.09. The maximum absolute atomic E-state index is 13.1. The molecule has 0 bridgehead atoms. The fourth-order valence-corrected chi connectivity index (χ4v) is 1.68. The smallest absolute Gasteiger partial charge is 0.222 e. The molecular formula is C12H9BrFNO. The minimum Gasteiger partial charge on any atom is -0.435 e. The Morgan fingerprint density at radius 1 is 1.50 bits per heavy atom. The molecule has 1 aromatic carbocycles. The van der Waals surface area contributed by atoms with E-state index in [0.29, 0.717) is 22.7 Å². The standard InChI is InChI=1S/C12H9BrFNO/c1-8-3-2-6-15-12(16-8)9-4-5-11(14)10(13)7-9/h2,4-5,7H,6H2,1H3. The molecule has 1 aromatic rings. The molecular weight excluding hydrogens is 273 g/mol. The molecule has 4 heteroatoms. The minimum atomic E-state index is -0.302. The zero-order valence-corrected chi connectivity index (χ0v) is 10.2. The quantitative estimate of drug-likeness (QED) is 0.723. The van der Waals surface area contributed by atoms with Crippen molar-refractivity contribution in [2.24, 2.45) is 4.99 Å². The molecule has 1 aliphatic heterocycles. The first-order valence-electron chi connectivity index (χ1n) is 4.76. The van der Waals surface area contributed by atoms with Gasteiger partial charge in [-0.3, -0.25) is 0 Å². The number of hydrogen-bond acceptors (Lipinski definition) is 2. The van der Waals surface area contributed by atoms with Crippen LogP contribution in [0.15, 0.2) is 45.2 Å². The molecule has 2 nitrogen and oxygen atoms in total. The highest BCUT2D eigenvalue weighted by molar-refractivity contribution is 9.10. The van der Waals surface area contributed by atoms with Crippen molar-refractivity contribution >= 4 is 21.8 Å². The lowest BCUT2D eigenvalue weighted by Crippen LogP contribution is -2.05. The van der Waals surface area contributed by atoms with E-state index in [9.17, 15) is 4.39 Å². The molecule has 0 aromatic heterocycles. The molecule has 0 fully saturated rings. The molecule has 1 heterocycles. The maximum Gasteiger partial charge on any atom is 0.222 e. The van der Waals surface area contributed by atoms with Crippen molar-refractivity contribution in [2.75, 3.05) is 6.54 Å². The summed E-state index contributed by atoms with van der Waals surface area (Å²) in [5.74, 6) is 0.833. The molecule has 0 amide bonds. The maximum atomic E-state index is 13.1. The summed E-state index contributed by atoms with van der Waals surface area (Å²) in [5, 5.41) is 0. The predicted molar refractivity (Wildman–Crippen MR) is 63.9 cm³/mol. The molecule has 0 radical (unpaired) electrons. The third-order valence-electron chi connectivity index (χ3n) is 2.05. The lowest BCUT2D eigenvalue weighted by Gasteiger charge is -2.07. The van der Waals surface area contributed by atoms with Gasteiger partial charge < -0.3 is 4.74 Å². The fraction of sp³-hybridized carbons (Fsp3) is 0.167. The van der Waals surface area contributed by atoms with Gasteiger partial charge in [-0.2, -0.15) is 0 Å². The van der Waals surface area contributed by atoms with Gasteiger partial charge in [-0.1, -0.05) is 5.73 Å². The Morgan fingerprint density at radius 2 is 2.31 bits per heavy atom. The van der Waals surface area contributed by atoms with Crippen LogP contribution in [-0.2, 0) is 4.74 Å². The van der Waals surface area contributed by atoms with Crippen molar-refractivity contribution in [3.8, 4) is 0 Å². The molecule has 0 N–H and O–H groups in total. The van der Waals surface area contributed by atoms with E-state index in [-0.39, 0.29) is 5.82 Å². The highest BCUT2D eigenvalue weighted by Crippen LogP contribution is 2.18. The van der Waals surface area contributed by atoms with E-state index in [1.165, 1.54) is 6.07 Å². The molecule has 0 spiro atoms. The van der Waals surface area contributed by atoms with E-state index in [0.717, 1.165) is 5.56 Å². The largest absolute Gasteiger partial charge is 0.435 e. The molecule has 0 saturated heterocycles. The lowest BCUT2D eigenvalue weighted by molar-refractivity contribution is 0.420. The zero-order chi connectivity index (χ0) is 11.5. The van der Waals surface area contributed by atoms with E-state index in [2.05, 4.69) is 26.7 Å². The normalized spacial score (nSPS) is 14.9. The summed E-state index contributed by atoms with van der Waals surface area (Å²) in [5.41, 5.74) is 3.68. The summed E-state index contributed by atoms with van der Waals surface area (Å²) in [6, 6.07) is 4.66. The Hall–Kier alpha value is -1.38. The second-order valence-electron chi connectivity index (χ2n) is 3.28. The summed E-state index contributed by atoms with van der Waals surface area (Å²) in [4.78, 5) is 4.23. The first kappa shape index (κ1) is 11.1. The van der Waals surface area contributed by atoms with Gasteiger partial charge in [-0.15, -0.1) is 0 Å². The van der Waals surface area contributed by atoms with Crippen molar-refractivity contribution < 1.29 is 9.13 Å². The zero-order valence-electron chi connectivity index (χ0n) is 8.63. The number of rotatable bonds is 1. The number of nitrogens with zero attached hydrogens (tertiary/aromatic N) is 1. The first-order valence-corrected chi connectivity index (χ1v) is 5.55. The van der Waals surface area contributed by atoms with Gasteiger partial charge in [0.15, 0.2) is 0 Å². The molecule has 2 rings (SSSR count). The average molecular weight is 282 g/mol. The second kappa shape index (κ2) is 4.64. The van der Waals surface area contributed by atoms with Gasteiger partial charge in [0.2, 0.25) is 5.90 Å². The summed E-state index contributed by atoms with van der Waals surface area (Å²) >= 11 is 3.13. The van der Waals surface area contributed by atoms with Crippen LogP contribution in [0.3, 0.4) is 0 Å². The Morgan fingerprint density at radius 3 is 3.06 bits per heavy atom. The highest BCUT2D eigenvalue weighted by atomic mass is 79.9. The fourth-order valence-electron chi connectivity index (χ4n) is 1.30. The molecule has 0 aliphatic carbocycles. The van der Waals surface area contributed by atoms with E-state index in [1.54, 1.807) is 25.1 Å². The lowest BCUT2D eigenvalue weighted by atomic mass is 10.2. The number of aliphatic imine (C=N–C) groups is 1. The van der Waals surface area contributed by atoms with Crippen LogP contribution in [0.25, 0.3) is 0 Å². The number of benzene rings is 1. The predicted octanol–water partition coefficient (Wildman–Crippen LogP) is 3.42. The molecule has 0 atom stereocenters. The molecule has 82 valence electrons. The topological polar surface area (TPSA) is 21.6 Å².